The zero-order valence-electron chi connectivity index (χ0n) is 16.6. The molecule has 0 atom stereocenters. The fourth-order valence-corrected chi connectivity index (χ4v) is 3.92. The van der Waals surface area contributed by atoms with Crippen molar-refractivity contribution in [2.24, 2.45) is 0 Å². The number of fused-ring (bicyclic) bond motifs is 1. The number of imide groups is 1. The molecule has 0 aliphatic carbocycles. The molecular weight excluding hydrogens is 366 g/mol. The summed E-state index contributed by atoms with van der Waals surface area (Å²) in [6, 6.07) is 13.3. The fourth-order valence-electron chi connectivity index (χ4n) is 3.92. The third kappa shape index (κ3) is 4.56. The first kappa shape index (κ1) is 19.4. The number of carbonyl (C=O) groups is 2. The van der Waals surface area contributed by atoms with Gasteiger partial charge in [-0.15, -0.1) is 0 Å². The molecule has 4 rings (SSSR count). The Morgan fingerprint density at radius 2 is 1.66 bits per heavy atom. The van der Waals surface area contributed by atoms with Gasteiger partial charge in [-0.2, -0.15) is 0 Å². The maximum absolute atomic E-state index is 12.8. The molecule has 2 aromatic rings. The molecule has 1 saturated heterocycles. The molecule has 2 aliphatic heterocycles. The van der Waals surface area contributed by atoms with Gasteiger partial charge >= 0.3 is 0 Å². The SMILES string of the molecule is O=C1CNc2ccccc2C(=O)N1CCCCN1CCN(c2ccccn2)CC1. The van der Waals surface area contributed by atoms with Crippen LogP contribution in [0.15, 0.2) is 48.7 Å². The fraction of sp³-hybridized carbons (Fsp3) is 0.409. The van der Waals surface area contributed by atoms with Crippen molar-refractivity contribution in [3.8, 4) is 0 Å². The lowest BCUT2D eigenvalue weighted by Crippen LogP contribution is -2.47. The Balaban J connectivity index is 1.23. The number of nitrogens with one attached hydrogen (secondary N) is 1. The van der Waals surface area contributed by atoms with Gasteiger partial charge in [0.05, 0.1) is 12.1 Å². The molecule has 1 N–H and O–H groups in total. The van der Waals surface area contributed by atoms with Gasteiger partial charge in [0.2, 0.25) is 5.91 Å². The van der Waals surface area contributed by atoms with Crippen LogP contribution in [0, 0.1) is 0 Å². The van der Waals surface area contributed by atoms with E-state index in [0.717, 1.165) is 57.1 Å². The second-order valence-electron chi connectivity index (χ2n) is 7.47. The Morgan fingerprint density at radius 3 is 2.45 bits per heavy atom. The number of pyridine rings is 1. The summed E-state index contributed by atoms with van der Waals surface area (Å²) in [5, 5.41) is 3.06. The number of hydrogen-bond donors (Lipinski definition) is 1. The van der Waals surface area contributed by atoms with Crippen LogP contribution < -0.4 is 10.2 Å². The predicted molar refractivity (Wildman–Crippen MR) is 113 cm³/mol. The smallest absolute Gasteiger partial charge is 0.262 e. The van der Waals surface area contributed by atoms with Gasteiger partial charge in [0.15, 0.2) is 0 Å². The number of nitrogens with zero attached hydrogens (tertiary/aromatic N) is 4. The van der Waals surface area contributed by atoms with Gasteiger partial charge in [0.25, 0.3) is 5.91 Å². The standard InChI is InChI=1S/C22H27N5O2/c28-21-17-24-19-8-2-1-7-18(19)22(29)27(21)12-6-5-11-25-13-15-26(16-14-25)20-9-3-4-10-23-20/h1-4,7-10,24H,5-6,11-17H2. The molecule has 7 nitrogen and oxygen atoms in total. The highest BCUT2D eigenvalue weighted by Crippen LogP contribution is 2.20. The summed E-state index contributed by atoms with van der Waals surface area (Å²) in [5.74, 6) is 0.689. The second kappa shape index (κ2) is 9.05. The van der Waals surface area contributed by atoms with Gasteiger partial charge in [-0.25, -0.2) is 4.98 Å². The summed E-state index contributed by atoms with van der Waals surface area (Å²) in [5.41, 5.74) is 1.31. The molecule has 2 amide bonds. The maximum atomic E-state index is 12.8. The topological polar surface area (TPSA) is 68.8 Å². The van der Waals surface area contributed by atoms with Crippen molar-refractivity contribution < 1.29 is 9.59 Å². The number of hydrogen-bond acceptors (Lipinski definition) is 6. The third-order valence-corrected chi connectivity index (χ3v) is 5.59. The first-order valence-electron chi connectivity index (χ1n) is 10.3. The van der Waals surface area contributed by atoms with Crippen LogP contribution in [0.3, 0.4) is 0 Å². The minimum Gasteiger partial charge on any atom is -0.375 e. The second-order valence-corrected chi connectivity index (χ2v) is 7.47. The van der Waals surface area contributed by atoms with E-state index in [1.807, 2.05) is 36.5 Å². The van der Waals surface area contributed by atoms with E-state index in [2.05, 4.69) is 26.2 Å². The third-order valence-electron chi connectivity index (χ3n) is 5.59. The minimum atomic E-state index is -0.195. The van der Waals surface area contributed by atoms with E-state index in [1.165, 1.54) is 4.90 Å². The lowest BCUT2D eigenvalue weighted by atomic mass is 10.1. The maximum Gasteiger partial charge on any atom is 0.262 e. The van der Waals surface area contributed by atoms with Gasteiger partial charge in [-0.3, -0.25) is 19.4 Å². The van der Waals surface area contributed by atoms with Crippen molar-refractivity contribution in [1.82, 2.24) is 14.8 Å². The quantitative estimate of drug-likeness (QED) is 0.599. The number of amides is 2. The van der Waals surface area contributed by atoms with Crippen LogP contribution in [-0.4, -0.2) is 72.4 Å². The van der Waals surface area contributed by atoms with E-state index in [1.54, 1.807) is 6.07 Å². The largest absolute Gasteiger partial charge is 0.375 e. The molecule has 0 saturated carbocycles. The highest BCUT2D eigenvalue weighted by Gasteiger charge is 2.27. The van der Waals surface area contributed by atoms with Crippen LogP contribution in [0.25, 0.3) is 0 Å². The lowest BCUT2D eigenvalue weighted by Gasteiger charge is -2.35. The molecule has 0 unspecified atom stereocenters. The Labute approximate surface area is 171 Å². The Morgan fingerprint density at radius 1 is 0.897 bits per heavy atom. The van der Waals surface area contributed by atoms with E-state index < -0.39 is 0 Å². The number of aromatic nitrogens is 1. The minimum absolute atomic E-state index is 0.157. The van der Waals surface area contributed by atoms with E-state index in [9.17, 15) is 9.59 Å². The molecule has 1 aromatic heterocycles. The van der Waals surface area contributed by atoms with E-state index in [0.29, 0.717) is 12.1 Å². The Bertz CT molecular complexity index is 849. The first-order valence-corrected chi connectivity index (χ1v) is 10.3. The molecule has 29 heavy (non-hydrogen) atoms. The van der Waals surface area contributed by atoms with Crippen LogP contribution in [0.1, 0.15) is 23.2 Å². The lowest BCUT2D eigenvalue weighted by molar-refractivity contribution is -0.126. The molecule has 2 aliphatic rings. The molecule has 3 heterocycles. The number of piperazine rings is 1. The van der Waals surface area contributed by atoms with Crippen LogP contribution in [0.5, 0.6) is 0 Å². The van der Waals surface area contributed by atoms with Crippen molar-refractivity contribution in [2.75, 3.05) is 56.0 Å². The number of carbonyl (C=O) groups excluding carboxylic acids is 2. The van der Waals surface area contributed by atoms with Gasteiger partial charge in [0.1, 0.15) is 5.82 Å². The number of anilines is 2. The molecule has 1 aromatic carbocycles. The highest BCUT2D eigenvalue weighted by molar-refractivity contribution is 6.10. The molecule has 7 heteroatoms. The normalized spacial score (nSPS) is 17.7. The van der Waals surface area contributed by atoms with Crippen LogP contribution >= 0.6 is 0 Å². The molecule has 0 bridgehead atoms. The molecule has 0 spiro atoms. The van der Waals surface area contributed by atoms with Gasteiger partial charge < -0.3 is 10.2 Å². The van der Waals surface area contributed by atoms with Crippen molar-refractivity contribution in [2.45, 2.75) is 12.8 Å². The van der Waals surface area contributed by atoms with Gasteiger partial charge in [-0.05, 0) is 43.7 Å². The van der Waals surface area contributed by atoms with Crippen molar-refractivity contribution in [1.29, 1.82) is 0 Å². The highest BCUT2D eigenvalue weighted by atomic mass is 16.2. The zero-order valence-corrected chi connectivity index (χ0v) is 16.6. The van der Waals surface area contributed by atoms with E-state index in [-0.39, 0.29) is 18.4 Å². The van der Waals surface area contributed by atoms with Crippen molar-refractivity contribution in [3.05, 3.63) is 54.2 Å². The summed E-state index contributed by atoms with van der Waals surface area (Å²) in [6.45, 7) is 5.59. The Kier molecular flexibility index (Phi) is 6.05. The van der Waals surface area contributed by atoms with Gasteiger partial charge in [0, 0.05) is 44.6 Å². The summed E-state index contributed by atoms with van der Waals surface area (Å²) in [4.78, 5) is 35.7. The predicted octanol–water partition coefficient (Wildman–Crippen LogP) is 2.08. The molecule has 152 valence electrons. The van der Waals surface area contributed by atoms with Gasteiger partial charge in [-0.1, -0.05) is 18.2 Å². The molecule has 1 fully saturated rings. The summed E-state index contributed by atoms with van der Waals surface area (Å²) >= 11 is 0. The number of rotatable bonds is 6. The number of unbranched alkanes of at least 4 members (excludes halogenated alkanes) is 1. The van der Waals surface area contributed by atoms with E-state index in [4.69, 9.17) is 0 Å². The van der Waals surface area contributed by atoms with Crippen LogP contribution in [0.2, 0.25) is 0 Å². The molecule has 0 radical (unpaired) electrons. The average Bonchev–Trinajstić information content (AvgIpc) is 2.89. The van der Waals surface area contributed by atoms with E-state index >= 15 is 0 Å². The Hall–Kier alpha value is -2.93. The zero-order chi connectivity index (χ0) is 20.1. The first-order chi connectivity index (χ1) is 14.2. The monoisotopic (exact) mass is 393 g/mol. The van der Waals surface area contributed by atoms with Crippen molar-refractivity contribution >= 4 is 23.3 Å². The summed E-state index contributed by atoms with van der Waals surface area (Å²) in [6.07, 6.45) is 3.62. The number of benzene rings is 1. The summed E-state index contributed by atoms with van der Waals surface area (Å²) < 4.78 is 0. The van der Waals surface area contributed by atoms with Crippen molar-refractivity contribution in [3.63, 3.8) is 0 Å². The number of para-hydroxylation sites is 1. The van der Waals surface area contributed by atoms with Crippen LogP contribution in [-0.2, 0) is 4.79 Å². The average molecular weight is 393 g/mol. The summed E-state index contributed by atoms with van der Waals surface area (Å²) in [7, 11) is 0. The van der Waals surface area contributed by atoms with Crippen LogP contribution in [0.4, 0.5) is 11.5 Å². The molecular formula is C22H27N5O2.